The van der Waals surface area contributed by atoms with Crippen molar-refractivity contribution in [2.24, 2.45) is 5.92 Å². The van der Waals surface area contributed by atoms with Crippen molar-refractivity contribution in [3.63, 3.8) is 0 Å². The minimum Gasteiger partial charge on any atom is -0.285 e. The van der Waals surface area contributed by atoms with E-state index < -0.39 is 0 Å². The highest BCUT2D eigenvalue weighted by atomic mass is 15.2. The molecule has 0 saturated heterocycles. The molecule has 1 fully saturated rings. The molecule has 130 valence electrons. The van der Waals surface area contributed by atoms with Gasteiger partial charge in [-0.25, -0.2) is 0 Å². The predicted octanol–water partition coefficient (Wildman–Crippen LogP) is 6.12. The Balaban J connectivity index is 2.05. The molecule has 0 N–H and O–H groups in total. The maximum Gasteiger partial charge on any atom is 0.0380 e. The zero-order valence-corrected chi connectivity index (χ0v) is 15.9. The normalized spacial score (nSPS) is 27.0. The summed E-state index contributed by atoms with van der Waals surface area (Å²) in [5.74, 6) is 0.643. The number of hydrogen-bond donors (Lipinski definition) is 0. The average Bonchev–Trinajstić information content (AvgIpc) is 2.61. The van der Waals surface area contributed by atoms with Crippen LogP contribution in [0.1, 0.15) is 65.4 Å². The highest BCUT2D eigenvalue weighted by molar-refractivity contribution is 5.45. The lowest BCUT2D eigenvalue weighted by molar-refractivity contribution is 0.106. The summed E-state index contributed by atoms with van der Waals surface area (Å²) in [6.45, 7) is 10.5. The van der Waals surface area contributed by atoms with E-state index in [0.717, 1.165) is 6.54 Å². The van der Waals surface area contributed by atoms with Crippen molar-refractivity contribution < 1.29 is 0 Å². The van der Waals surface area contributed by atoms with Gasteiger partial charge in [-0.2, -0.15) is 0 Å². The third-order valence-electron chi connectivity index (χ3n) is 5.89. The van der Waals surface area contributed by atoms with Gasteiger partial charge in [0.15, 0.2) is 0 Å². The minimum atomic E-state index is 0.553. The van der Waals surface area contributed by atoms with Gasteiger partial charge >= 0.3 is 0 Å². The van der Waals surface area contributed by atoms with Gasteiger partial charge in [0, 0.05) is 18.6 Å². The Morgan fingerprint density at radius 3 is 2.54 bits per heavy atom. The molecule has 2 atom stereocenters. The van der Waals surface area contributed by atoms with Gasteiger partial charge in [-0.15, -0.1) is 0 Å². The Labute approximate surface area is 148 Å². The van der Waals surface area contributed by atoms with Gasteiger partial charge in [0.2, 0.25) is 0 Å². The Morgan fingerprint density at radius 2 is 1.92 bits per heavy atom. The minimum absolute atomic E-state index is 0.553. The van der Waals surface area contributed by atoms with Crippen LogP contribution in [0.4, 0.5) is 0 Å². The van der Waals surface area contributed by atoms with Crippen molar-refractivity contribution in [1.29, 1.82) is 0 Å². The summed E-state index contributed by atoms with van der Waals surface area (Å²) in [7, 11) is 0. The van der Waals surface area contributed by atoms with E-state index in [4.69, 9.17) is 0 Å². The van der Waals surface area contributed by atoms with Crippen LogP contribution in [-0.4, -0.2) is 17.0 Å². The largest absolute Gasteiger partial charge is 0.285 e. The van der Waals surface area contributed by atoms with Gasteiger partial charge in [-0.05, 0) is 60.8 Å². The van der Waals surface area contributed by atoms with E-state index in [0.29, 0.717) is 18.0 Å². The molecule has 1 saturated carbocycles. The van der Waals surface area contributed by atoms with E-state index in [1.165, 1.54) is 37.7 Å². The summed E-state index contributed by atoms with van der Waals surface area (Å²) < 4.78 is 0. The summed E-state index contributed by atoms with van der Waals surface area (Å²) in [6.07, 6.45) is 8.99. The van der Waals surface area contributed by atoms with Gasteiger partial charge in [-0.3, -0.25) is 4.90 Å². The highest BCUT2D eigenvalue weighted by Crippen LogP contribution is 2.43. The van der Waals surface area contributed by atoms with Crippen molar-refractivity contribution >= 4 is 0 Å². The van der Waals surface area contributed by atoms with Crippen LogP contribution < -0.4 is 0 Å². The first kappa shape index (κ1) is 17.5. The molecule has 0 unspecified atom stereocenters. The van der Waals surface area contributed by atoms with Crippen LogP contribution in [0.15, 0.2) is 53.1 Å². The van der Waals surface area contributed by atoms with Crippen LogP contribution in [0.3, 0.4) is 0 Å². The lowest BCUT2D eigenvalue weighted by Crippen LogP contribution is -2.51. The number of rotatable bonds is 4. The second-order valence-electron chi connectivity index (χ2n) is 7.71. The second kappa shape index (κ2) is 7.70. The quantitative estimate of drug-likeness (QED) is 0.645. The standard InChI is InChI=1S/C23H33N/c1-5-19-20(6-2)23(17(3)4)24(16-18-12-8-7-9-13-18)22-15-11-10-14-21(19)22/h6-9,12-13,17,22-23H,5,10-11,14-16H2,1-4H3/b20-6+/t22-,23+/m1/s1. The molecule has 1 heterocycles. The summed E-state index contributed by atoms with van der Waals surface area (Å²) in [4.78, 5) is 2.82. The molecule has 24 heavy (non-hydrogen) atoms. The molecule has 1 aromatic rings. The van der Waals surface area contributed by atoms with E-state index in [2.05, 4.69) is 69.0 Å². The average molecular weight is 324 g/mol. The SMILES string of the molecule is C/C=C1\C(CC)=C2CCCC[C@H]2N(Cc2ccccc2)[C@H]1C(C)C. The molecule has 3 rings (SSSR count). The summed E-state index contributed by atoms with van der Waals surface area (Å²) >= 11 is 0. The monoisotopic (exact) mass is 323 g/mol. The van der Waals surface area contributed by atoms with Crippen LogP contribution >= 0.6 is 0 Å². The van der Waals surface area contributed by atoms with Crippen LogP contribution in [0.5, 0.6) is 0 Å². The third-order valence-corrected chi connectivity index (χ3v) is 5.89. The molecule has 1 aliphatic heterocycles. The first-order valence-electron chi connectivity index (χ1n) is 9.85. The number of benzene rings is 1. The highest BCUT2D eigenvalue weighted by Gasteiger charge is 2.40. The maximum absolute atomic E-state index is 2.82. The number of fused-ring (bicyclic) bond motifs is 1. The first-order valence-corrected chi connectivity index (χ1v) is 9.85. The molecular weight excluding hydrogens is 290 g/mol. The Morgan fingerprint density at radius 1 is 1.17 bits per heavy atom. The molecule has 0 bridgehead atoms. The molecule has 1 heteroatoms. The molecule has 1 aliphatic carbocycles. The van der Waals surface area contributed by atoms with Crippen molar-refractivity contribution in [1.82, 2.24) is 4.90 Å². The fourth-order valence-electron chi connectivity index (χ4n) is 4.97. The fourth-order valence-corrected chi connectivity index (χ4v) is 4.97. The molecule has 1 nitrogen and oxygen atoms in total. The van der Waals surface area contributed by atoms with Crippen LogP contribution in [0, 0.1) is 5.92 Å². The van der Waals surface area contributed by atoms with Gasteiger partial charge in [-0.1, -0.05) is 63.6 Å². The zero-order valence-electron chi connectivity index (χ0n) is 15.9. The van der Waals surface area contributed by atoms with Crippen LogP contribution in [-0.2, 0) is 6.54 Å². The Kier molecular flexibility index (Phi) is 5.61. The summed E-state index contributed by atoms with van der Waals surface area (Å²) in [6, 6.07) is 12.3. The molecular formula is C23H33N. The van der Waals surface area contributed by atoms with Crippen molar-refractivity contribution in [2.75, 3.05) is 0 Å². The topological polar surface area (TPSA) is 3.24 Å². The second-order valence-corrected chi connectivity index (χ2v) is 7.71. The summed E-state index contributed by atoms with van der Waals surface area (Å²) in [5.41, 5.74) is 6.50. The molecule has 0 amide bonds. The fraction of sp³-hybridized carbons (Fsp3) is 0.565. The van der Waals surface area contributed by atoms with Crippen LogP contribution in [0.2, 0.25) is 0 Å². The van der Waals surface area contributed by atoms with E-state index in [9.17, 15) is 0 Å². The van der Waals surface area contributed by atoms with Crippen molar-refractivity contribution in [2.45, 2.75) is 78.4 Å². The van der Waals surface area contributed by atoms with E-state index in [1.807, 2.05) is 0 Å². The van der Waals surface area contributed by atoms with Gasteiger partial charge in [0.05, 0.1) is 0 Å². The smallest absolute Gasteiger partial charge is 0.0380 e. The van der Waals surface area contributed by atoms with Crippen LogP contribution in [0.25, 0.3) is 0 Å². The van der Waals surface area contributed by atoms with Gasteiger partial charge < -0.3 is 0 Å². The number of allylic oxidation sites excluding steroid dienone is 1. The number of hydrogen-bond acceptors (Lipinski definition) is 1. The Hall–Kier alpha value is -1.34. The van der Waals surface area contributed by atoms with Gasteiger partial charge in [0.25, 0.3) is 0 Å². The maximum atomic E-state index is 2.82. The Bertz CT molecular complexity index is 608. The number of nitrogens with zero attached hydrogens (tertiary/aromatic N) is 1. The molecule has 0 aromatic heterocycles. The van der Waals surface area contributed by atoms with Crippen molar-refractivity contribution in [3.8, 4) is 0 Å². The lowest BCUT2D eigenvalue weighted by atomic mass is 9.74. The molecule has 1 aromatic carbocycles. The first-order chi connectivity index (χ1) is 11.7. The van der Waals surface area contributed by atoms with Gasteiger partial charge in [0.1, 0.15) is 0 Å². The predicted molar refractivity (Wildman–Crippen MR) is 104 cm³/mol. The molecule has 2 aliphatic rings. The van der Waals surface area contributed by atoms with E-state index >= 15 is 0 Å². The molecule has 0 spiro atoms. The third kappa shape index (κ3) is 3.24. The van der Waals surface area contributed by atoms with E-state index in [-0.39, 0.29) is 0 Å². The molecule has 0 radical (unpaired) electrons. The lowest BCUT2D eigenvalue weighted by Gasteiger charge is -2.49. The zero-order chi connectivity index (χ0) is 17.1. The summed E-state index contributed by atoms with van der Waals surface area (Å²) in [5, 5.41) is 0. The van der Waals surface area contributed by atoms with Crippen molar-refractivity contribution in [3.05, 3.63) is 58.7 Å². The van der Waals surface area contributed by atoms with E-state index in [1.54, 1.807) is 16.7 Å².